The van der Waals surface area contributed by atoms with Gasteiger partial charge in [-0.1, -0.05) is 0 Å². The molecule has 1 fully saturated rings. The van der Waals surface area contributed by atoms with E-state index in [4.69, 9.17) is 9.88 Å². The minimum atomic E-state index is -3.85. The zero-order chi connectivity index (χ0) is 15.0. The van der Waals surface area contributed by atoms with Gasteiger partial charge >= 0.3 is 0 Å². The summed E-state index contributed by atoms with van der Waals surface area (Å²) in [5.41, 5.74) is -0.0492. The van der Waals surface area contributed by atoms with E-state index in [9.17, 15) is 13.2 Å². The van der Waals surface area contributed by atoms with Gasteiger partial charge < -0.3 is 10.1 Å². The number of ether oxygens (including phenoxy) is 1. The Morgan fingerprint density at radius 1 is 1.40 bits per heavy atom. The highest BCUT2D eigenvalue weighted by molar-refractivity contribution is 7.89. The molecule has 0 radical (unpaired) electrons. The molecule has 2 rings (SSSR count). The third kappa shape index (κ3) is 2.94. The first-order valence-electron chi connectivity index (χ1n) is 6.28. The summed E-state index contributed by atoms with van der Waals surface area (Å²) in [5, 5.41) is 7.99. The van der Waals surface area contributed by atoms with E-state index in [0.717, 1.165) is 19.3 Å². The van der Waals surface area contributed by atoms with Crippen LogP contribution in [0.4, 0.5) is 0 Å². The molecule has 0 atom stereocenters. The highest BCUT2D eigenvalue weighted by Crippen LogP contribution is 2.32. The normalized spacial score (nSPS) is 17.1. The van der Waals surface area contributed by atoms with Crippen LogP contribution in [0.3, 0.4) is 0 Å². The molecular weight excluding hydrogens is 280 g/mol. The van der Waals surface area contributed by atoms with Crippen molar-refractivity contribution in [2.45, 2.75) is 36.6 Å². The molecule has 7 heteroatoms. The third-order valence-corrected chi connectivity index (χ3v) is 4.53. The van der Waals surface area contributed by atoms with Crippen molar-refractivity contribution in [3.05, 3.63) is 23.8 Å². The van der Waals surface area contributed by atoms with Crippen molar-refractivity contribution < 1.29 is 17.9 Å². The van der Waals surface area contributed by atoms with E-state index < -0.39 is 10.0 Å². The number of primary sulfonamides is 1. The molecular formula is C13H18N2O4S. The van der Waals surface area contributed by atoms with Gasteiger partial charge in [-0.05, 0) is 44.4 Å². The number of amides is 1. The van der Waals surface area contributed by atoms with Gasteiger partial charge in [0.15, 0.2) is 0 Å². The summed E-state index contributed by atoms with van der Waals surface area (Å²) in [4.78, 5) is 12.2. The molecule has 0 aromatic heterocycles. The van der Waals surface area contributed by atoms with Crippen molar-refractivity contribution in [3.63, 3.8) is 0 Å². The Hall–Kier alpha value is -1.60. The number of benzene rings is 1. The summed E-state index contributed by atoms with van der Waals surface area (Å²) in [7, 11) is -2.43. The number of nitrogens with two attached hydrogens (primary N) is 1. The number of rotatable bonds is 4. The van der Waals surface area contributed by atoms with E-state index in [1.165, 1.54) is 25.3 Å². The van der Waals surface area contributed by atoms with Gasteiger partial charge in [0.2, 0.25) is 10.0 Å². The van der Waals surface area contributed by atoms with E-state index in [1.54, 1.807) is 0 Å². The highest BCUT2D eigenvalue weighted by Gasteiger charge is 2.34. The van der Waals surface area contributed by atoms with Gasteiger partial charge in [-0.3, -0.25) is 4.79 Å². The molecule has 0 aliphatic heterocycles. The molecule has 6 nitrogen and oxygen atoms in total. The van der Waals surface area contributed by atoms with Crippen LogP contribution in [-0.2, 0) is 10.0 Å². The van der Waals surface area contributed by atoms with E-state index in [2.05, 4.69) is 5.32 Å². The molecule has 3 N–H and O–H groups in total. The second-order valence-electron chi connectivity index (χ2n) is 5.28. The molecule has 1 saturated carbocycles. The summed E-state index contributed by atoms with van der Waals surface area (Å²) >= 11 is 0. The molecule has 0 saturated heterocycles. The van der Waals surface area contributed by atoms with Crippen LogP contribution in [-0.4, -0.2) is 27.0 Å². The molecule has 1 aromatic carbocycles. The van der Waals surface area contributed by atoms with Crippen LogP contribution in [0.15, 0.2) is 23.1 Å². The first-order valence-corrected chi connectivity index (χ1v) is 7.83. The number of hydrogen-bond acceptors (Lipinski definition) is 4. The minimum Gasteiger partial charge on any atom is -0.496 e. The summed E-state index contributed by atoms with van der Waals surface area (Å²) in [6, 6.07) is 3.99. The topological polar surface area (TPSA) is 98.5 Å². The Bertz CT molecular complexity index is 636. The second kappa shape index (κ2) is 5.06. The molecule has 0 bridgehead atoms. The van der Waals surface area contributed by atoms with Crippen molar-refractivity contribution in [1.82, 2.24) is 5.32 Å². The van der Waals surface area contributed by atoms with Crippen LogP contribution >= 0.6 is 0 Å². The lowest BCUT2D eigenvalue weighted by molar-refractivity contribution is 0.0847. The van der Waals surface area contributed by atoms with Crippen LogP contribution in [0, 0.1) is 0 Å². The van der Waals surface area contributed by atoms with Crippen LogP contribution in [0.2, 0.25) is 0 Å². The van der Waals surface area contributed by atoms with Crippen molar-refractivity contribution >= 4 is 15.9 Å². The van der Waals surface area contributed by atoms with Gasteiger partial charge in [0.1, 0.15) is 5.75 Å². The van der Waals surface area contributed by atoms with E-state index in [-0.39, 0.29) is 21.9 Å². The fourth-order valence-electron chi connectivity index (χ4n) is 2.22. The maximum Gasteiger partial charge on any atom is 0.255 e. The predicted octanol–water partition coefficient (Wildman–Crippen LogP) is 1.01. The van der Waals surface area contributed by atoms with Gasteiger partial charge in [0.05, 0.1) is 17.6 Å². The van der Waals surface area contributed by atoms with Crippen molar-refractivity contribution in [3.8, 4) is 5.75 Å². The fourth-order valence-corrected chi connectivity index (χ4v) is 2.75. The average Bonchev–Trinajstić information content (AvgIpc) is 2.34. The fraction of sp³-hybridized carbons (Fsp3) is 0.462. The number of carbonyl (C=O) groups is 1. The van der Waals surface area contributed by atoms with Crippen molar-refractivity contribution in [2.24, 2.45) is 5.14 Å². The first-order chi connectivity index (χ1) is 9.25. The maximum atomic E-state index is 12.3. The molecule has 20 heavy (non-hydrogen) atoms. The predicted molar refractivity (Wildman–Crippen MR) is 74.1 cm³/mol. The second-order valence-corrected chi connectivity index (χ2v) is 6.84. The number of nitrogens with one attached hydrogen (secondary N) is 1. The summed E-state index contributed by atoms with van der Waals surface area (Å²) in [6.45, 7) is 1.96. The molecule has 0 spiro atoms. The molecule has 1 amide bonds. The van der Waals surface area contributed by atoms with Crippen molar-refractivity contribution in [1.29, 1.82) is 0 Å². The summed E-state index contributed by atoms with van der Waals surface area (Å²) in [5.74, 6) is -0.0348. The summed E-state index contributed by atoms with van der Waals surface area (Å²) < 4.78 is 27.8. The van der Waals surface area contributed by atoms with E-state index in [1.807, 2.05) is 6.92 Å². The molecule has 0 heterocycles. The lowest BCUT2D eigenvalue weighted by Crippen LogP contribution is -2.51. The third-order valence-electron chi connectivity index (χ3n) is 3.62. The number of methoxy groups -OCH3 is 1. The Morgan fingerprint density at radius 3 is 2.50 bits per heavy atom. The average molecular weight is 298 g/mol. The van der Waals surface area contributed by atoms with Gasteiger partial charge in [0.25, 0.3) is 5.91 Å². The lowest BCUT2D eigenvalue weighted by Gasteiger charge is -2.39. The zero-order valence-electron chi connectivity index (χ0n) is 11.5. The van der Waals surface area contributed by atoms with Crippen LogP contribution in [0.25, 0.3) is 0 Å². The van der Waals surface area contributed by atoms with Crippen molar-refractivity contribution in [2.75, 3.05) is 7.11 Å². The monoisotopic (exact) mass is 298 g/mol. The number of hydrogen-bond donors (Lipinski definition) is 2. The zero-order valence-corrected chi connectivity index (χ0v) is 12.3. The quantitative estimate of drug-likeness (QED) is 0.866. The Labute approximate surface area is 118 Å². The lowest BCUT2D eigenvalue weighted by atomic mass is 9.78. The van der Waals surface area contributed by atoms with Gasteiger partial charge in [-0.15, -0.1) is 0 Å². The van der Waals surface area contributed by atoms with Gasteiger partial charge in [0, 0.05) is 5.54 Å². The van der Waals surface area contributed by atoms with Crippen LogP contribution < -0.4 is 15.2 Å². The molecule has 0 unspecified atom stereocenters. The van der Waals surface area contributed by atoms with Crippen LogP contribution in [0.1, 0.15) is 36.5 Å². The largest absolute Gasteiger partial charge is 0.496 e. The van der Waals surface area contributed by atoms with Gasteiger partial charge in [-0.25, -0.2) is 13.6 Å². The standard InChI is InChI=1S/C13H18N2O4S/c1-13(6-3-7-13)15-12(16)10-8-9(20(14,17)18)4-5-11(10)19-2/h4-5,8H,3,6-7H2,1-2H3,(H,15,16)(H2,14,17,18). The minimum absolute atomic E-state index is 0.109. The van der Waals surface area contributed by atoms with Gasteiger partial charge in [-0.2, -0.15) is 0 Å². The Morgan fingerprint density at radius 2 is 2.05 bits per heavy atom. The maximum absolute atomic E-state index is 12.3. The number of carbonyl (C=O) groups excluding carboxylic acids is 1. The molecule has 110 valence electrons. The molecule has 1 aliphatic rings. The first kappa shape index (κ1) is 14.8. The molecule has 1 aliphatic carbocycles. The van der Waals surface area contributed by atoms with Crippen LogP contribution in [0.5, 0.6) is 5.75 Å². The van der Waals surface area contributed by atoms with E-state index >= 15 is 0 Å². The Balaban J connectivity index is 2.35. The van der Waals surface area contributed by atoms with E-state index in [0.29, 0.717) is 5.75 Å². The smallest absolute Gasteiger partial charge is 0.255 e. The number of sulfonamides is 1. The molecule has 1 aromatic rings. The highest BCUT2D eigenvalue weighted by atomic mass is 32.2. The SMILES string of the molecule is COc1ccc(S(N)(=O)=O)cc1C(=O)NC1(C)CCC1. The summed E-state index contributed by atoms with van der Waals surface area (Å²) in [6.07, 6.45) is 2.90. The Kier molecular flexibility index (Phi) is 3.75.